The summed E-state index contributed by atoms with van der Waals surface area (Å²) in [7, 11) is 0. The number of ketones is 2. The molecule has 0 N–H and O–H groups in total. The standard InChI is InChI=1S/C11H13NO2/c1-7(2)11(14)10-6-9(8(3)13)4-5-12-10/h4-7H,1-3H3. The zero-order valence-electron chi connectivity index (χ0n) is 8.57. The zero-order valence-corrected chi connectivity index (χ0v) is 8.57. The lowest BCUT2D eigenvalue weighted by Gasteiger charge is -2.03. The first-order chi connectivity index (χ1) is 6.52. The summed E-state index contributed by atoms with van der Waals surface area (Å²) in [5, 5.41) is 0. The fourth-order valence-electron chi connectivity index (χ4n) is 1.08. The van der Waals surface area contributed by atoms with E-state index in [1.165, 1.54) is 13.1 Å². The second-order valence-electron chi connectivity index (χ2n) is 3.50. The molecular weight excluding hydrogens is 178 g/mol. The second kappa shape index (κ2) is 4.13. The Kier molecular flexibility index (Phi) is 3.12. The van der Waals surface area contributed by atoms with E-state index in [9.17, 15) is 9.59 Å². The van der Waals surface area contributed by atoms with E-state index in [1.807, 2.05) is 13.8 Å². The van der Waals surface area contributed by atoms with Crippen LogP contribution in [0.25, 0.3) is 0 Å². The van der Waals surface area contributed by atoms with Crippen LogP contribution in [-0.4, -0.2) is 16.6 Å². The first-order valence-electron chi connectivity index (χ1n) is 4.53. The minimum absolute atomic E-state index is 0.0342. The summed E-state index contributed by atoms with van der Waals surface area (Å²) in [6.07, 6.45) is 1.49. The van der Waals surface area contributed by atoms with Crippen LogP contribution in [0.5, 0.6) is 0 Å². The highest BCUT2D eigenvalue weighted by Gasteiger charge is 2.12. The Balaban J connectivity index is 3.06. The fraction of sp³-hybridized carbons (Fsp3) is 0.364. The minimum Gasteiger partial charge on any atom is -0.295 e. The normalized spacial score (nSPS) is 10.3. The molecule has 1 aromatic heterocycles. The second-order valence-corrected chi connectivity index (χ2v) is 3.50. The van der Waals surface area contributed by atoms with Crippen LogP contribution in [0.3, 0.4) is 0 Å². The summed E-state index contributed by atoms with van der Waals surface area (Å²) in [6.45, 7) is 5.09. The van der Waals surface area contributed by atoms with Crippen molar-refractivity contribution >= 4 is 11.6 Å². The highest BCUT2D eigenvalue weighted by molar-refractivity contribution is 5.99. The Morgan fingerprint density at radius 3 is 2.50 bits per heavy atom. The topological polar surface area (TPSA) is 47.0 Å². The molecule has 0 atom stereocenters. The maximum atomic E-state index is 11.5. The van der Waals surface area contributed by atoms with Crippen LogP contribution >= 0.6 is 0 Å². The van der Waals surface area contributed by atoms with Crippen molar-refractivity contribution in [1.29, 1.82) is 0 Å². The number of hydrogen-bond donors (Lipinski definition) is 0. The van der Waals surface area contributed by atoms with E-state index in [4.69, 9.17) is 0 Å². The molecule has 0 aliphatic rings. The quantitative estimate of drug-likeness (QED) is 0.687. The van der Waals surface area contributed by atoms with E-state index < -0.39 is 0 Å². The van der Waals surface area contributed by atoms with E-state index >= 15 is 0 Å². The van der Waals surface area contributed by atoms with Crippen molar-refractivity contribution in [2.75, 3.05) is 0 Å². The van der Waals surface area contributed by atoms with Crippen LogP contribution in [0.4, 0.5) is 0 Å². The van der Waals surface area contributed by atoms with Crippen LogP contribution in [0.15, 0.2) is 18.3 Å². The average molecular weight is 191 g/mol. The molecule has 0 saturated carbocycles. The monoisotopic (exact) mass is 191 g/mol. The van der Waals surface area contributed by atoms with Gasteiger partial charge in [-0.1, -0.05) is 13.8 Å². The maximum Gasteiger partial charge on any atom is 0.183 e. The first-order valence-corrected chi connectivity index (χ1v) is 4.53. The molecule has 0 aromatic carbocycles. The fourth-order valence-corrected chi connectivity index (χ4v) is 1.08. The van der Waals surface area contributed by atoms with Gasteiger partial charge < -0.3 is 0 Å². The summed E-state index contributed by atoms with van der Waals surface area (Å²) < 4.78 is 0. The van der Waals surface area contributed by atoms with Crippen molar-refractivity contribution in [2.45, 2.75) is 20.8 Å². The van der Waals surface area contributed by atoms with E-state index in [1.54, 1.807) is 12.1 Å². The lowest BCUT2D eigenvalue weighted by molar-refractivity contribution is 0.0934. The number of nitrogens with zero attached hydrogens (tertiary/aromatic N) is 1. The Morgan fingerprint density at radius 2 is 2.00 bits per heavy atom. The summed E-state index contributed by atoms with van der Waals surface area (Å²) in [4.78, 5) is 26.5. The summed E-state index contributed by atoms with van der Waals surface area (Å²) in [6, 6.07) is 3.16. The zero-order chi connectivity index (χ0) is 10.7. The molecule has 0 saturated heterocycles. The lowest BCUT2D eigenvalue weighted by Crippen LogP contribution is -2.10. The molecule has 1 aromatic rings. The number of carbonyl (C=O) groups excluding carboxylic acids is 2. The van der Waals surface area contributed by atoms with Crippen molar-refractivity contribution in [3.8, 4) is 0 Å². The van der Waals surface area contributed by atoms with Crippen LogP contribution in [0.2, 0.25) is 0 Å². The highest BCUT2D eigenvalue weighted by Crippen LogP contribution is 2.08. The predicted octanol–water partition coefficient (Wildman–Crippen LogP) is 2.12. The molecule has 0 unspecified atom stereocenters. The molecule has 3 nitrogen and oxygen atoms in total. The van der Waals surface area contributed by atoms with Crippen LogP contribution in [0.1, 0.15) is 41.6 Å². The third-order valence-corrected chi connectivity index (χ3v) is 1.94. The third-order valence-electron chi connectivity index (χ3n) is 1.94. The van der Waals surface area contributed by atoms with Crippen molar-refractivity contribution < 1.29 is 9.59 Å². The first kappa shape index (κ1) is 10.6. The van der Waals surface area contributed by atoms with Gasteiger partial charge >= 0.3 is 0 Å². The van der Waals surface area contributed by atoms with Gasteiger partial charge in [-0.2, -0.15) is 0 Å². The van der Waals surface area contributed by atoms with Crippen LogP contribution < -0.4 is 0 Å². The largest absolute Gasteiger partial charge is 0.295 e. The van der Waals surface area contributed by atoms with Crippen molar-refractivity contribution in [2.24, 2.45) is 5.92 Å². The molecule has 1 heterocycles. The van der Waals surface area contributed by atoms with Gasteiger partial charge in [0.15, 0.2) is 11.6 Å². The number of hydrogen-bond acceptors (Lipinski definition) is 3. The van der Waals surface area contributed by atoms with Gasteiger partial charge in [-0.25, -0.2) is 0 Å². The minimum atomic E-state index is -0.0929. The molecule has 74 valence electrons. The van der Waals surface area contributed by atoms with Gasteiger partial charge in [-0.15, -0.1) is 0 Å². The van der Waals surface area contributed by atoms with Gasteiger partial charge in [0.25, 0.3) is 0 Å². The number of aromatic nitrogens is 1. The molecule has 14 heavy (non-hydrogen) atoms. The van der Waals surface area contributed by atoms with Gasteiger partial charge in [0.1, 0.15) is 5.69 Å². The summed E-state index contributed by atoms with van der Waals surface area (Å²) in [5.74, 6) is -0.178. The van der Waals surface area contributed by atoms with Crippen LogP contribution in [0, 0.1) is 5.92 Å². The Labute approximate surface area is 83.2 Å². The molecule has 0 spiro atoms. The highest BCUT2D eigenvalue weighted by atomic mass is 16.1. The molecule has 0 amide bonds. The third kappa shape index (κ3) is 2.25. The average Bonchev–Trinajstić information content (AvgIpc) is 2.16. The van der Waals surface area contributed by atoms with Gasteiger partial charge in [0.2, 0.25) is 0 Å². The molecule has 0 bridgehead atoms. The number of Topliss-reactive ketones (excluding diaryl/α,β-unsaturated/α-hetero) is 2. The van der Waals surface area contributed by atoms with E-state index in [0.29, 0.717) is 11.3 Å². The molecule has 0 aliphatic carbocycles. The van der Waals surface area contributed by atoms with Crippen LogP contribution in [-0.2, 0) is 0 Å². The van der Waals surface area contributed by atoms with Gasteiger partial charge in [0.05, 0.1) is 0 Å². The molecule has 3 heteroatoms. The number of carbonyl (C=O) groups is 2. The summed E-state index contributed by atoms with van der Waals surface area (Å²) in [5.41, 5.74) is 0.900. The van der Waals surface area contributed by atoms with E-state index in [2.05, 4.69) is 4.98 Å². The number of pyridine rings is 1. The SMILES string of the molecule is CC(=O)c1ccnc(C(=O)C(C)C)c1. The number of rotatable bonds is 3. The molecule has 0 radical (unpaired) electrons. The van der Waals surface area contributed by atoms with Gasteiger partial charge in [-0.05, 0) is 19.1 Å². The Bertz CT molecular complexity index is 369. The molecule has 0 aliphatic heterocycles. The lowest BCUT2D eigenvalue weighted by atomic mass is 10.0. The van der Waals surface area contributed by atoms with Crippen molar-refractivity contribution in [1.82, 2.24) is 4.98 Å². The van der Waals surface area contributed by atoms with E-state index in [0.717, 1.165) is 0 Å². The Hall–Kier alpha value is -1.51. The maximum absolute atomic E-state index is 11.5. The Morgan fingerprint density at radius 1 is 1.36 bits per heavy atom. The molecule has 0 fully saturated rings. The van der Waals surface area contributed by atoms with E-state index in [-0.39, 0.29) is 17.5 Å². The van der Waals surface area contributed by atoms with Crippen molar-refractivity contribution in [3.05, 3.63) is 29.6 Å². The van der Waals surface area contributed by atoms with Gasteiger partial charge in [0, 0.05) is 17.7 Å². The summed E-state index contributed by atoms with van der Waals surface area (Å²) >= 11 is 0. The smallest absolute Gasteiger partial charge is 0.183 e. The van der Waals surface area contributed by atoms with Crippen molar-refractivity contribution in [3.63, 3.8) is 0 Å². The predicted molar refractivity (Wildman–Crippen MR) is 53.4 cm³/mol. The molecule has 1 rings (SSSR count). The van der Waals surface area contributed by atoms with Gasteiger partial charge in [-0.3, -0.25) is 14.6 Å². The molecular formula is C11H13NO2.